The van der Waals surface area contributed by atoms with Gasteiger partial charge in [-0.05, 0) is 54.6 Å². The minimum absolute atomic E-state index is 0.176. The van der Waals surface area contributed by atoms with Crippen LogP contribution in [0.5, 0.6) is 11.5 Å². The number of amidine groups is 1. The van der Waals surface area contributed by atoms with Gasteiger partial charge >= 0.3 is 0 Å². The molecule has 1 heterocycles. The molecule has 0 atom stereocenters. The molecule has 0 aliphatic carbocycles. The molecule has 4 aromatic rings. The topological polar surface area (TPSA) is 141 Å². The fraction of sp³-hybridized carbons (Fsp3) is 0. The standard InChI is InChI=1S/C25H21N5O2/c26-20-14-21(15-6-8-17(9-7-15)25(29)31)30-23(22(20)24(27)28)16-10-12-19(13-11-16)32-18-4-2-1-3-5-18/h1-14H,(H2,26,30)(H3,27,28)(H2,29,31). The number of rotatable bonds is 6. The van der Waals surface area contributed by atoms with E-state index >= 15 is 0 Å². The van der Waals surface area contributed by atoms with Gasteiger partial charge in [0.15, 0.2) is 0 Å². The highest BCUT2D eigenvalue weighted by Crippen LogP contribution is 2.32. The highest BCUT2D eigenvalue weighted by molar-refractivity contribution is 6.06. The van der Waals surface area contributed by atoms with Crippen molar-refractivity contribution in [3.05, 3.63) is 96.1 Å². The molecule has 7 heteroatoms. The molecule has 0 radical (unpaired) electrons. The smallest absolute Gasteiger partial charge is 0.248 e. The summed E-state index contributed by atoms with van der Waals surface area (Å²) in [5.74, 6) is 0.712. The van der Waals surface area contributed by atoms with Crippen LogP contribution in [0.1, 0.15) is 15.9 Å². The maximum Gasteiger partial charge on any atom is 0.248 e. The molecule has 0 saturated heterocycles. The summed E-state index contributed by atoms with van der Waals surface area (Å²) in [6, 6.07) is 25.2. The Morgan fingerprint density at radius 1 is 0.812 bits per heavy atom. The first kappa shape index (κ1) is 20.6. The molecule has 0 spiro atoms. The van der Waals surface area contributed by atoms with E-state index in [0.717, 1.165) is 16.9 Å². The number of pyridine rings is 1. The monoisotopic (exact) mass is 423 g/mol. The number of carbonyl (C=O) groups is 1. The largest absolute Gasteiger partial charge is 0.457 e. The van der Waals surface area contributed by atoms with E-state index < -0.39 is 5.91 Å². The predicted molar refractivity (Wildman–Crippen MR) is 126 cm³/mol. The lowest BCUT2D eigenvalue weighted by molar-refractivity contribution is 0.100. The van der Waals surface area contributed by atoms with Crippen LogP contribution in [-0.4, -0.2) is 16.7 Å². The lowest BCUT2D eigenvalue weighted by Crippen LogP contribution is -2.16. The number of nitrogens with two attached hydrogens (primary N) is 3. The van der Waals surface area contributed by atoms with Gasteiger partial charge in [0.05, 0.1) is 17.0 Å². The normalized spacial score (nSPS) is 10.5. The van der Waals surface area contributed by atoms with Crippen LogP contribution in [0.4, 0.5) is 5.69 Å². The molecule has 3 aromatic carbocycles. The van der Waals surface area contributed by atoms with Crippen LogP contribution in [0.25, 0.3) is 22.5 Å². The molecule has 0 fully saturated rings. The number of benzene rings is 3. The molecule has 0 aliphatic heterocycles. The van der Waals surface area contributed by atoms with Crippen molar-refractivity contribution in [3.8, 4) is 34.0 Å². The number of ether oxygens (including phenoxy) is 1. The number of primary amides is 1. The molecular formula is C25H21N5O2. The number of nitrogens with zero attached hydrogens (tertiary/aromatic N) is 1. The third-order valence-corrected chi connectivity index (χ3v) is 4.89. The zero-order valence-electron chi connectivity index (χ0n) is 17.1. The molecular weight excluding hydrogens is 402 g/mol. The second kappa shape index (κ2) is 8.61. The fourth-order valence-corrected chi connectivity index (χ4v) is 3.32. The lowest BCUT2D eigenvalue weighted by atomic mass is 10.00. The Morgan fingerprint density at radius 3 is 2.00 bits per heavy atom. The van der Waals surface area contributed by atoms with E-state index in [1.807, 2.05) is 54.6 Å². The minimum Gasteiger partial charge on any atom is -0.457 e. The molecule has 7 N–H and O–H groups in total. The number of amides is 1. The molecule has 0 aliphatic rings. The lowest BCUT2D eigenvalue weighted by Gasteiger charge is -2.14. The van der Waals surface area contributed by atoms with Gasteiger partial charge in [-0.1, -0.05) is 30.3 Å². The molecule has 32 heavy (non-hydrogen) atoms. The zero-order chi connectivity index (χ0) is 22.7. The summed E-state index contributed by atoms with van der Waals surface area (Å²) in [7, 11) is 0. The van der Waals surface area contributed by atoms with Crippen molar-refractivity contribution in [3.63, 3.8) is 0 Å². The van der Waals surface area contributed by atoms with Crippen LogP contribution in [0.3, 0.4) is 0 Å². The second-order valence-electron chi connectivity index (χ2n) is 7.12. The Bertz CT molecular complexity index is 1280. The van der Waals surface area contributed by atoms with E-state index in [0.29, 0.717) is 34.0 Å². The van der Waals surface area contributed by atoms with Crippen LogP contribution < -0.4 is 21.9 Å². The summed E-state index contributed by atoms with van der Waals surface area (Å²) < 4.78 is 5.84. The quantitative estimate of drug-likeness (QED) is 0.272. The van der Waals surface area contributed by atoms with E-state index in [4.69, 9.17) is 32.3 Å². The highest BCUT2D eigenvalue weighted by atomic mass is 16.5. The number of hydrogen-bond donors (Lipinski definition) is 4. The Kier molecular flexibility index (Phi) is 5.55. The summed E-state index contributed by atoms with van der Waals surface area (Å²) in [5.41, 5.74) is 21.0. The third kappa shape index (κ3) is 4.27. The van der Waals surface area contributed by atoms with Crippen molar-refractivity contribution < 1.29 is 9.53 Å². The fourth-order valence-electron chi connectivity index (χ4n) is 3.32. The number of anilines is 1. The van der Waals surface area contributed by atoms with Crippen molar-refractivity contribution in [2.45, 2.75) is 0 Å². The summed E-state index contributed by atoms with van der Waals surface area (Å²) in [6.07, 6.45) is 0. The van der Waals surface area contributed by atoms with E-state index in [9.17, 15) is 4.79 Å². The molecule has 1 aromatic heterocycles. The molecule has 7 nitrogen and oxygen atoms in total. The van der Waals surface area contributed by atoms with Gasteiger partial charge in [-0.3, -0.25) is 10.2 Å². The van der Waals surface area contributed by atoms with Crippen molar-refractivity contribution in [2.24, 2.45) is 11.5 Å². The van der Waals surface area contributed by atoms with Gasteiger partial charge in [0.25, 0.3) is 0 Å². The van der Waals surface area contributed by atoms with E-state index in [-0.39, 0.29) is 5.84 Å². The van der Waals surface area contributed by atoms with Crippen molar-refractivity contribution in [2.75, 3.05) is 5.73 Å². The van der Waals surface area contributed by atoms with Gasteiger partial charge in [0.2, 0.25) is 5.91 Å². The Hall–Kier alpha value is -4.65. The summed E-state index contributed by atoms with van der Waals surface area (Å²) >= 11 is 0. The molecule has 4 rings (SSSR count). The summed E-state index contributed by atoms with van der Waals surface area (Å²) in [4.78, 5) is 16.1. The van der Waals surface area contributed by atoms with E-state index in [1.165, 1.54) is 0 Å². The number of aromatic nitrogens is 1. The first-order valence-electron chi connectivity index (χ1n) is 9.81. The maximum atomic E-state index is 11.3. The highest BCUT2D eigenvalue weighted by Gasteiger charge is 2.16. The van der Waals surface area contributed by atoms with Crippen LogP contribution in [0, 0.1) is 5.41 Å². The van der Waals surface area contributed by atoms with Gasteiger partial charge in [-0.15, -0.1) is 0 Å². The molecule has 0 bridgehead atoms. The zero-order valence-corrected chi connectivity index (χ0v) is 17.1. The SMILES string of the molecule is N=C(N)c1c(N)cc(-c2ccc(C(N)=O)cc2)nc1-c1ccc(Oc2ccccc2)cc1. The molecule has 158 valence electrons. The molecule has 0 saturated carbocycles. The van der Waals surface area contributed by atoms with Gasteiger partial charge < -0.3 is 21.9 Å². The summed E-state index contributed by atoms with van der Waals surface area (Å²) in [5, 5.41) is 7.99. The maximum absolute atomic E-state index is 11.3. The van der Waals surface area contributed by atoms with Crippen LogP contribution in [0.15, 0.2) is 84.9 Å². The Balaban J connectivity index is 1.73. The summed E-state index contributed by atoms with van der Waals surface area (Å²) in [6.45, 7) is 0. The van der Waals surface area contributed by atoms with E-state index in [1.54, 1.807) is 30.3 Å². The average Bonchev–Trinajstić information content (AvgIpc) is 2.79. The molecule has 1 amide bonds. The Labute approximate surface area is 185 Å². The van der Waals surface area contributed by atoms with Crippen LogP contribution >= 0.6 is 0 Å². The number of nitrogen functional groups attached to an aromatic ring is 2. The first-order valence-corrected chi connectivity index (χ1v) is 9.81. The number of para-hydroxylation sites is 1. The van der Waals surface area contributed by atoms with Gasteiger partial charge in [0.1, 0.15) is 17.3 Å². The first-order chi connectivity index (χ1) is 15.4. The second-order valence-corrected chi connectivity index (χ2v) is 7.12. The van der Waals surface area contributed by atoms with Crippen LogP contribution in [0.2, 0.25) is 0 Å². The van der Waals surface area contributed by atoms with Gasteiger partial charge in [-0.25, -0.2) is 4.98 Å². The van der Waals surface area contributed by atoms with Crippen molar-refractivity contribution in [1.29, 1.82) is 5.41 Å². The Morgan fingerprint density at radius 2 is 1.41 bits per heavy atom. The number of nitrogens with one attached hydrogen (secondary N) is 1. The van der Waals surface area contributed by atoms with E-state index in [2.05, 4.69) is 0 Å². The number of hydrogen-bond acceptors (Lipinski definition) is 5. The van der Waals surface area contributed by atoms with Crippen molar-refractivity contribution in [1.82, 2.24) is 4.98 Å². The number of carbonyl (C=O) groups excluding carboxylic acids is 1. The van der Waals surface area contributed by atoms with Gasteiger partial charge in [-0.2, -0.15) is 0 Å². The molecule has 0 unspecified atom stereocenters. The van der Waals surface area contributed by atoms with Crippen molar-refractivity contribution >= 4 is 17.4 Å². The van der Waals surface area contributed by atoms with Crippen LogP contribution in [-0.2, 0) is 0 Å². The average molecular weight is 423 g/mol. The van der Waals surface area contributed by atoms with Gasteiger partial charge in [0, 0.05) is 22.4 Å². The third-order valence-electron chi connectivity index (χ3n) is 4.89. The minimum atomic E-state index is -0.505. The predicted octanol–water partition coefficient (Wildman–Crippen LogP) is 4.17.